The zero-order chi connectivity index (χ0) is 20.7. The Morgan fingerprint density at radius 1 is 1.21 bits per heavy atom. The fraction of sp³-hybridized carbons (Fsp3) is 0.333. The first-order valence-corrected chi connectivity index (χ1v) is 9.31. The van der Waals surface area contributed by atoms with E-state index in [1.54, 1.807) is 30.5 Å². The van der Waals surface area contributed by atoms with Gasteiger partial charge in [-0.3, -0.25) is 0 Å². The minimum absolute atomic E-state index is 0.0451. The number of hydrogen-bond donors (Lipinski definition) is 4. The Morgan fingerprint density at radius 2 is 1.93 bits per heavy atom. The summed E-state index contributed by atoms with van der Waals surface area (Å²) >= 11 is 0. The number of nitrogens with zero attached hydrogens (tertiary/aromatic N) is 3. The van der Waals surface area contributed by atoms with Crippen molar-refractivity contribution >= 4 is 0 Å². The number of imidazole rings is 1. The third kappa shape index (κ3) is 5.68. The van der Waals surface area contributed by atoms with Crippen molar-refractivity contribution in [2.75, 3.05) is 19.8 Å². The average molecular weight is 396 g/mol. The zero-order valence-electron chi connectivity index (χ0n) is 16.2. The Kier molecular flexibility index (Phi) is 6.67. The number of rotatable bonds is 5. The van der Waals surface area contributed by atoms with Crippen molar-refractivity contribution < 1.29 is 19.8 Å². The number of phenolic OH excluding ortho intramolecular Hbond substituents is 1. The fourth-order valence-electron chi connectivity index (χ4n) is 2.50. The second kappa shape index (κ2) is 9.39. The number of nitrogens with one attached hydrogen (secondary N) is 1. The van der Waals surface area contributed by atoms with Crippen LogP contribution in [0, 0.1) is 11.8 Å². The lowest BCUT2D eigenvalue weighted by atomic mass is 10.2. The molecule has 4 N–H and O–H groups in total. The van der Waals surface area contributed by atoms with E-state index >= 15 is 0 Å². The fourth-order valence-corrected chi connectivity index (χ4v) is 2.50. The molecule has 1 saturated heterocycles. The number of aromatic hydroxyl groups is 1. The van der Waals surface area contributed by atoms with Crippen LogP contribution in [0.25, 0.3) is 0 Å². The van der Waals surface area contributed by atoms with Crippen LogP contribution in [0.4, 0.5) is 0 Å². The second-order valence-electron chi connectivity index (χ2n) is 6.75. The lowest BCUT2D eigenvalue weighted by Crippen LogP contribution is -2.25. The molecule has 0 unspecified atom stereocenters. The van der Waals surface area contributed by atoms with Gasteiger partial charge in [0.15, 0.2) is 0 Å². The minimum atomic E-state index is -0.306. The van der Waals surface area contributed by atoms with Gasteiger partial charge in [0, 0.05) is 37.0 Å². The first-order valence-electron chi connectivity index (χ1n) is 9.31. The summed E-state index contributed by atoms with van der Waals surface area (Å²) in [5.41, 5.74) is 1.31. The molecule has 0 radical (unpaired) electrons. The van der Waals surface area contributed by atoms with E-state index in [1.165, 1.54) is 0 Å². The molecule has 1 aliphatic rings. The first kappa shape index (κ1) is 20.6. The predicted octanol–water partition coefficient (Wildman–Crippen LogP) is 0.900. The SMILES string of the molecule is CCc1nccn1Cc1cc(C#Cc2ccc(O)cc2)on1.OCC1(CO)CN1. The van der Waals surface area contributed by atoms with E-state index in [4.69, 9.17) is 14.7 Å². The number of benzene rings is 1. The van der Waals surface area contributed by atoms with E-state index < -0.39 is 0 Å². The Hall–Kier alpha value is -3.12. The smallest absolute Gasteiger partial charge is 0.210 e. The summed E-state index contributed by atoms with van der Waals surface area (Å²) < 4.78 is 7.26. The Labute approximate surface area is 168 Å². The molecule has 0 spiro atoms. The van der Waals surface area contributed by atoms with Crippen LogP contribution in [-0.4, -0.2) is 55.3 Å². The van der Waals surface area contributed by atoms with Crippen molar-refractivity contribution in [2.45, 2.75) is 25.4 Å². The van der Waals surface area contributed by atoms with E-state index in [1.807, 2.05) is 16.8 Å². The van der Waals surface area contributed by atoms with Gasteiger partial charge in [0.25, 0.3) is 0 Å². The number of aliphatic hydroxyl groups is 2. The average Bonchev–Trinajstić information content (AvgIpc) is 3.18. The maximum atomic E-state index is 9.23. The molecule has 8 heteroatoms. The molecule has 0 atom stereocenters. The lowest BCUT2D eigenvalue weighted by Gasteiger charge is -2.02. The first-order chi connectivity index (χ1) is 14.1. The molecule has 3 aromatic rings. The molecule has 1 fully saturated rings. The molecule has 29 heavy (non-hydrogen) atoms. The summed E-state index contributed by atoms with van der Waals surface area (Å²) in [6.45, 7) is 3.52. The van der Waals surface area contributed by atoms with Crippen LogP contribution in [0.3, 0.4) is 0 Å². The molecule has 0 saturated carbocycles. The number of aryl methyl sites for hydroxylation is 1. The monoisotopic (exact) mass is 396 g/mol. The van der Waals surface area contributed by atoms with E-state index in [9.17, 15) is 5.11 Å². The number of aromatic nitrogens is 3. The molecule has 2 aromatic heterocycles. The van der Waals surface area contributed by atoms with Gasteiger partial charge in [0.2, 0.25) is 5.76 Å². The van der Waals surface area contributed by atoms with Crippen molar-refractivity contribution in [3.8, 4) is 17.6 Å². The molecule has 152 valence electrons. The van der Waals surface area contributed by atoms with Gasteiger partial charge in [-0.25, -0.2) is 4.98 Å². The summed E-state index contributed by atoms with van der Waals surface area (Å²) in [6.07, 6.45) is 4.58. The van der Waals surface area contributed by atoms with Gasteiger partial charge in [0.05, 0.1) is 25.3 Å². The highest BCUT2D eigenvalue weighted by atomic mass is 16.5. The van der Waals surface area contributed by atoms with Crippen LogP contribution in [0.15, 0.2) is 47.2 Å². The largest absolute Gasteiger partial charge is 0.508 e. The van der Waals surface area contributed by atoms with Gasteiger partial charge < -0.3 is 29.7 Å². The van der Waals surface area contributed by atoms with E-state index in [-0.39, 0.29) is 24.5 Å². The molecule has 0 bridgehead atoms. The maximum absolute atomic E-state index is 9.23. The van der Waals surface area contributed by atoms with E-state index in [2.05, 4.69) is 34.2 Å². The number of aliphatic hydroxyl groups excluding tert-OH is 2. The quantitative estimate of drug-likeness (QED) is 0.373. The van der Waals surface area contributed by atoms with Crippen molar-refractivity contribution in [2.24, 2.45) is 0 Å². The van der Waals surface area contributed by atoms with Crippen LogP contribution < -0.4 is 5.32 Å². The predicted molar refractivity (Wildman–Crippen MR) is 106 cm³/mol. The summed E-state index contributed by atoms with van der Waals surface area (Å²) in [5.74, 6) is 7.64. The Bertz CT molecular complexity index is 972. The summed E-state index contributed by atoms with van der Waals surface area (Å²) in [6, 6.07) is 8.52. The van der Waals surface area contributed by atoms with Crippen LogP contribution in [0.2, 0.25) is 0 Å². The number of phenols is 1. The summed E-state index contributed by atoms with van der Waals surface area (Å²) in [7, 11) is 0. The topological polar surface area (TPSA) is 126 Å². The second-order valence-corrected chi connectivity index (χ2v) is 6.75. The molecular weight excluding hydrogens is 372 g/mol. The van der Waals surface area contributed by atoms with Crippen molar-refractivity contribution in [3.63, 3.8) is 0 Å². The standard InChI is InChI=1S/C17H15N3O2.C4H9NO2/c1-2-17-18-9-10-20(17)12-14-11-16(22-19-14)8-5-13-3-6-15(21)7-4-13;6-2-4(3-7)1-5-4/h3-4,6-7,9-11,21H,2,12H2,1H3;5-7H,1-3H2. The zero-order valence-corrected chi connectivity index (χ0v) is 16.2. The van der Waals surface area contributed by atoms with Gasteiger partial charge in [0.1, 0.15) is 17.3 Å². The Balaban J connectivity index is 0.000000290. The molecular formula is C21H24N4O4. The normalized spacial score (nSPS) is 13.8. The molecule has 1 aromatic carbocycles. The summed E-state index contributed by atoms with van der Waals surface area (Å²) in [4.78, 5) is 4.28. The van der Waals surface area contributed by atoms with E-state index in [0.29, 0.717) is 12.3 Å². The van der Waals surface area contributed by atoms with Crippen molar-refractivity contribution in [1.29, 1.82) is 0 Å². The molecule has 0 aliphatic carbocycles. The maximum Gasteiger partial charge on any atom is 0.210 e. The van der Waals surface area contributed by atoms with Crippen LogP contribution in [0.5, 0.6) is 5.75 Å². The molecule has 1 aliphatic heterocycles. The highest BCUT2D eigenvalue weighted by Gasteiger charge is 2.40. The Morgan fingerprint density at radius 3 is 2.52 bits per heavy atom. The van der Waals surface area contributed by atoms with Crippen LogP contribution in [0.1, 0.15) is 29.8 Å². The highest BCUT2D eigenvalue weighted by Crippen LogP contribution is 2.13. The van der Waals surface area contributed by atoms with Crippen molar-refractivity contribution in [3.05, 3.63) is 65.6 Å². The van der Waals surface area contributed by atoms with E-state index in [0.717, 1.165) is 30.0 Å². The highest BCUT2D eigenvalue weighted by molar-refractivity contribution is 5.41. The van der Waals surface area contributed by atoms with Crippen LogP contribution in [-0.2, 0) is 13.0 Å². The van der Waals surface area contributed by atoms with Gasteiger partial charge in [-0.15, -0.1) is 0 Å². The number of hydrogen-bond acceptors (Lipinski definition) is 7. The van der Waals surface area contributed by atoms with Gasteiger partial charge in [-0.05, 0) is 30.2 Å². The third-order valence-electron chi connectivity index (χ3n) is 4.49. The van der Waals surface area contributed by atoms with Gasteiger partial charge >= 0.3 is 0 Å². The molecule has 8 nitrogen and oxygen atoms in total. The summed E-state index contributed by atoms with van der Waals surface area (Å²) in [5, 5.41) is 33.0. The molecule has 3 heterocycles. The minimum Gasteiger partial charge on any atom is -0.508 e. The molecule has 0 amide bonds. The molecule has 4 rings (SSSR count). The van der Waals surface area contributed by atoms with Gasteiger partial charge in [-0.1, -0.05) is 18.0 Å². The van der Waals surface area contributed by atoms with Crippen LogP contribution >= 0.6 is 0 Å². The van der Waals surface area contributed by atoms with Gasteiger partial charge in [-0.2, -0.15) is 0 Å². The lowest BCUT2D eigenvalue weighted by molar-refractivity contribution is 0.177. The third-order valence-corrected chi connectivity index (χ3v) is 4.49. The van der Waals surface area contributed by atoms with Crippen molar-refractivity contribution in [1.82, 2.24) is 20.0 Å².